The third kappa shape index (κ3) is 2.39. The maximum Gasteiger partial charge on any atom is 0.256 e. The molecular formula is C19H19NO2. The van der Waals surface area contributed by atoms with E-state index in [9.17, 15) is 4.79 Å². The highest BCUT2D eigenvalue weighted by molar-refractivity contribution is 6.35. The Hall–Kier alpha value is -2.55. The summed E-state index contributed by atoms with van der Waals surface area (Å²) in [6, 6.07) is 9.90. The van der Waals surface area contributed by atoms with Crippen molar-refractivity contribution >= 4 is 23.2 Å². The van der Waals surface area contributed by atoms with Gasteiger partial charge >= 0.3 is 0 Å². The van der Waals surface area contributed by atoms with Gasteiger partial charge in [0, 0.05) is 16.8 Å². The third-order valence-electron chi connectivity index (χ3n) is 4.04. The molecule has 1 N–H and O–H groups in total. The molecule has 1 aliphatic heterocycles. The van der Waals surface area contributed by atoms with Crippen LogP contribution in [0, 0.1) is 20.8 Å². The second-order valence-electron chi connectivity index (χ2n) is 5.74. The average molecular weight is 293 g/mol. The van der Waals surface area contributed by atoms with E-state index in [-0.39, 0.29) is 5.91 Å². The van der Waals surface area contributed by atoms with Crippen LogP contribution in [0.3, 0.4) is 0 Å². The van der Waals surface area contributed by atoms with Gasteiger partial charge in [0.1, 0.15) is 5.75 Å². The molecule has 1 heterocycles. The highest BCUT2D eigenvalue weighted by Gasteiger charge is 2.25. The second-order valence-corrected chi connectivity index (χ2v) is 5.74. The minimum Gasteiger partial charge on any atom is -0.497 e. The lowest BCUT2D eigenvalue weighted by atomic mass is 9.96. The molecule has 0 unspecified atom stereocenters. The lowest BCUT2D eigenvalue weighted by Gasteiger charge is -2.09. The number of amides is 1. The maximum atomic E-state index is 12.3. The number of anilines is 1. The zero-order chi connectivity index (χ0) is 15.9. The van der Waals surface area contributed by atoms with Crippen molar-refractivity contribution in [3.63, 3.8) is 0 Å². The lowest BCUT2D eigenvalue weighted by Crippen LogP contribution is -2.04. The monoisotopic (exact) mass is 293 g/mol. The number of aryl methyl sites for hydroxylation is 3. The van der Waals surface area contributed by atoms with Crippen LogP contribution in [0.2, 0.25) is 0 Å². The summed E-state index contributed by atoms with van der Waals surface area (Å²) in [5.41, 5.74) is 7.09. The molecule has 0 radical (unpaired) electrons. The molecule has 0 aliphatic carbocycles. The van der Waals surface area contributed by atoms with Crippen LogP contribution in [0.5, 0.6) is 5.75 Å². The summed E-state index contributed by atoms with van der Waals surface area (Å²) in [6.07, 6.45) is 1.98. The summed E-state index contributed by atoms with van der Waals surface area (Å²) in [5.74, 6) is 0.682. The van der Waals surface area contributed by atoms with Crippen molar-refractivity contribution in [2.75, 3.05) is 12.4 Å². The number of methoxy groups -OCH3 is 1. The van der Waals surface area contributed by atoms with Crippen molar-refractivity contribution in [3.05, 3.63) is 58.1 Å². The number of nitrogens with one attached hydrogen (secondary N) is 1. The van der Waals surface area contributed by atoms with E-state index in [1.807, 2.05) is 24.3 Å². The van der Waals surface area contributed by atoms with Crippen molar-refractivity contribution in [2.24, 2.45) is 0 Å². The molecule has 22 heavy (non-hydrogen) atoms. The Labute approximate surface area is 130 Å². The topological polar surface area (TPSA) is 38.3 Å². The van der Waals surface area contributed by atoms with Gasteiger partial charge in [-0.05, 0) is 61.7 Å². The standard InChI is InChI=1S/C19H19NO2/c1-11-7-12(2)15(13(3)8-11)10-17-16-9-14(22-4)5-6-18(16)20-19(17)21/h5-10H,1-4H3,(H,20,21)/b17-10+. The quantitative estimate of drug-likeness (QED) is 0.846. The van der Waals surface area contributed by atoms with Crippen LogP contribution >= 0.6 is 0 Å². The van der Waals surface area contributed by atoms with E-state index >= 15 is 0 Å². The van der Waals surface area contributed by atoms with Crippen LogP contribution in [-0.4, -0.2) is 13.0 Å². The molecule has 0 saturated carbocycles. The molecule has 1 amide bonds. The number of benzene rings is 2. The highest BCUT2D eigenvalue weighted by Crippen LogP contribution is 2.36. The summed E-state index contributed by atoms with van der Waals surface area (Å²) in [7, 11) is 1.63. The number of hydrogen-bond acceptors (Lipinski definition) is 2. The van der Waals surface area contributed by atoms with E-state index < -0.39 is 0 Å². The minimum atomic E-state index is -0.0670. The minimum absolute atomic E-state index is 0.0670. The SMILES string of the molecule is COc1ccc2c(c1)/C(=C\c1c(C)cc(C)cc1C)C(=O)N2. The fourth-order valence-electron chi connectivity index (χ4n) is 3.00. The first-order chi connectivity index (χ1) is 10.5. The first-order valence-corrected chi connectivity index (χ1v) is 7.29. The van der Waals surface area contributed by atoms with Crippen LogP contribution in [0.4, 0.5) is 5.69 Å². The van der Waals surface area contributed by atoms with Crippen LogP contribution < -0.4 is 10.1 Å². The summed E-state index contributed by atoms with van der Waals surface area (Å²) in [4.78, 5) is 12.3. The smallest absolute Gasteiger partial charge is 0.256 e. The molecule has 1 aliphatic rings. The van der Waals surface area contributed by atoms with E-state index in [4.69, 9.17) is 4.74 Å². The lowest BCUT2D eigenvalue weighted by molar-refractivity contribution is -0.110. The zero-order valence-corrected chi connectivity index (χ0v) is 13.3. The van der Waals surface area contributed by atoms with Crippen molar-refractivity contribution in [2.45, 2.75) is 20.8 Å². The predicted molar refractivity (Wildman–Crippen MR) is 90.1 cm³/mol. The van der Waals surface area contributed by atoms with Crippen LogP contribution in [0.25, 0.3) is 11.6 Å². The van der Waals surface area contributed by atoms with Crippen molar-refractivity contribution in [3.8, 4) is 5.75 Å². The normalized spacial score (nSPS) is 14.9. The Kier molecular flexibility index (Phi) is 3.49. The van der Waals surface area contributed by atoms with E-state index in [1.165, 1.54) is 16.7 Å². The Morgan fingerprint density at radius 3 is 2.36 bits per heavy atom. The van der Waals surface area contributed by atoms with Crippen LogP contribution in [0.1, 0.15) is 27.8 Å². The van der Waals surface area contributed by atoms with Crippen LogP contribution in [-0.2, 0) is 4.79 Å². The van der Waals surface area contributed by atoms with Gasteiger partial charge in [-0.1, -0.05) is 17.7 Å². The largest absolute Gasteiger partial charge is 0.497 e. The second kappa shape index (κ2) is 5.34. The van der Waals surface area contributed by atoms with E-state index in [0.29, 0.717) is 5.57 Å². The van der Waals surface area contributed by atoms with Gasteiger partial charge in [0.15, 0.2) is 0 Å². The van der Waals surface area contributed by atoms with Gasteiger partial charge in [0.25, 0.3) is 5.91 Å². The van der Waals surface area contributed by atoms with Gasteiger partial charge in [-0.25, -0.2) is 0 Å². The average Bonchev–Trinajstić information content (AvgIpc) is 2.77. The number of fused-ring (bicyclic) bond motifs is 1. The Bertz CT molecular complexity index is 780. The number of carbonyl (C=O) groups excluding carboxylic acids is 1. The van der Waals surface area contributed by atoms with Gasteiger partial charge < -0.3 is 10.1 Å². The number of carbonyl (C=O) groups is 1. The molecule has 3 rings (SSSR count). The van der Waals surface area contributed by atoms with Crippen molar-refractivity contribution in [1.29, 1.82) is 0 Å². The number of ether oxygens (including phenoxy) is 1. The maximum absolute atomic E-state index is 12.3. The molecule has 0 bridgehead atoms. The molecular weight excluding hydrogens is 274 g/mol. The molecule has 3 heteroatoms. The molecule has 3 nitrogen and oxygen atoms in total. The van der Waals surface area contributed by atoms with Gasteiger partial charge in [0.05, 0.1) is 7.11 Å². The Balaban J connectivity index is 2.16. The molecule has 2 aromatic carbocycles. The molecule has 112 valence electrons. The van der Waals surface area contributed by atoms with Crippen molar-refractivity contribution in [1.82, 2.24) is 0 Å². The summed E-state index contributed by atoms with van der Waals surface area (Å²) in [6.45, 7) is 6.23. The fourth-order valence-corrected chi connectivity index (χ4v) is 3.00. The Morgan fingerprint density at radius 2 is 1.73 bits per heavy atom. The van der Waals surface area contributed by atoms with Gasteiger partial charge in [-0.3, -0.25) is 4.79 Å². The molecule has 2 aromatic rings. The van der Waals surface area contributed by atoms with E-state index in [2.05, 4.69) is 38.2 Å². The van der Waals surface area contributed by atoms with Gasteiger partial charge in [0.2, 0.25) is 0 Å². The molecule has 0 aromatic heterocycles. The van der Waals surface area contributed by atoms with Gasteiger partial charge in [-0.15, -0.1) is 0 Å². The molecule has 0 spiro atoms. The van der Waals surface area contributed by atoms with Crippen molar-refractivity contribution < 1.29 is 9.53 Å². The number of hydrogen-bond donors (Lipinski definition) is 1. The van der Waals surface area contributed by atoms with Gasteiger partial charge in [-0.2, -0.15) is 0 Å². The molecule has 0 atom stereocenters. The third-order valence-corrected chi connectivity index (χ3v) is 4.04. The van der Waals surface area contributed by atoms with Crippen LogP contribution in [0.15, 0.2) is 30.3 Å². The van der Waals surface area contributed by atoms with E-state index in [0.717, 1.165) is 22.6 Å². The first-order valence-electron chi connectivity index (χ1n) is 7.29. The van der Waals surface area contributed by atoms with E-state index in [1.54, 1.807) is 7.11 Å². The molecule has 0 fully saturated rings. The Morgan fingerprint density at radius 1 is 1.05 bits per heavy atom. The summed E-state index contributed by atoms with van der Waals surface area (Å²) in [5, 5.41) is 2.91. The molecule has 0 saturated heterocycles. The zero-order valence-electron chi connectivity index (χ0n) is 13.3. The summed E-state index contributed by atoms with van der Waals surface area (Å²) >= 11 is 0. The highest BCUT2D eigenvalue weighted by atomic mass is 16.5. The first kappa shape index (κ1) is 14.4. The number of rotatable bonds is 2. The predicted octanol–water partition coefficient (Wildman–Crippen LogP) is 4.11. The fraction of sp³-hybridized carbons (Fsp3) is 0.211. The summed E-state index contributed by atoms with van der Waals surface area (Å²) < 4.78 is 5.27.